The third-order valence-electron chi connectivity index (χ3n) is 3.80. The fraction of sp³-hybridized carbons (Fsp3) is 0.471. The van der Waals surface area contributed by atoms with Crippen LogP contribution < -0.4 is 0 Å². The van der Waals surface area contributed by atoms with E-state index >= 15 is 0 Å². The zero-order chi connectivity index (χ0) is 14.7. The predicted molar refractivity (Wildman–Crippen MR) is 82.1 cm³/mol. The molecule has 1 aliphatic rings. The zero-order valence-corrected chi connectivity index (χ0v) is 12.7. The van der Waals surface area contributed by atoms with Crippen LogP contribution in [0, 0.1) is 0 Å². The van der Waals surface area contributed by atoms with Gasteiger partial charge in [0.15, 0.2) is 11.7 Å². The molecule has 1 fully saturated rings. The molecule has 0 unspecified atom stereocenters. The first-order valence-corrected chi connectivity index (χ1v) is 7.50. The van der Waals surface area contributed by atoms with Crippen molar-refractivity contribution in [2.45, 2.75) is 25.3 Å². The monoisotopic (exact) mass is 286 g/mol. The highest BCUT2D eigenvalue weighted by atomic mass is 16.5. The molecule has 1 saturated heterocycles. The molecule has 3 rings (SSSR count). The number of hydrogen-bond acceptors (Lipinski definition) is 4. The molecule has 0 aliphatic carbocycles. The van der Waals surface area contributed by atoms with Crippen LogP contribution in [0.25, 0.3) is 11.3 Å². The van der Waals surface area contributed by atoms with Gasteiger partial charge in [0.05, 0.1) is 6.20 Å². The first kappa shape index (κ1) is 14.3. The van der Waals surface area contributed by atoms with Crippen molar-refractivity contribution in [3.63, 3.8) is 0 Å². The van der Waals surface area contributed by atoms with Gasteiger partial charge in [-0.25, -0.2) is 4.98 Å². The van der Waals surface area contributed by atoms with Gasteiger partial charge in [0.2, 0.25) is 0 Å². The number of benzene rings is 1. The van der Waals surface area contributed by atoms with Gasteiger partial charge in [-0.15, -0.1) is 0 Å². The zero-order valence-electron chi connectivity index (χ0n) is 12.7. The number of ether oxygens (including phenoxy) is 1. The second kappa shape index (κ2) is 6.41. The Kier molecular flexibility index (Phi) is 4.36. The van der Waals surface area contributed by atoms with E-state index in [1.54, 1.807) is 0 Å². The minimum absolute atomic E-state index is 0.400. The van der Waals surface area contributed by atoms with E-state index in [1.165, 1.54) is 5.56 Å². The van der Waals surface area contributed by atoms with Crippen LogP contribution in [0.15, 0.2) is 34.9 Å². The van der Waals surface area contributed by atoms with E-state index in [9.17, 15) is 0 Å². The highest BCUT2D eigenvalue weighted by molar-refractivity contribution is 5.57. The lowest BCUT2D eigenvalue weighted by Crippen LogP contribution is -2.14. The molecule has 0 amide bonds. The summed E-state index contributed by atoms with van der Waals surface area (Å²) >= 11 is 0. The Balaban J connectivity index is 1.79. The van der Waals surface area contributed by atoms with Crippen molar-refractivity contribution >= 4 is 0 Å². The fourth-order valence-electron chi connectivity index (χ4n) is 2.74. The van der Waals surface area contributed by atoms with Crippen LogP contribution >= 0.6 is 0 Å². The van der Waals surface area contributed by atoms with Crippen LogP contribution in [0.4, 0.5) is 0 Å². The van der Waals surface area contributed by atoms with Gasteiger partial charge in [-0.1, -0.05) is 18.2 Å². The average molecular weight is 286 g/mol. The minimum atomic E-state index is 0.400. The first-order valence-electron chi connectivity index (χ1n) is 7.50. The van der Waals surface area contributed by atoms with Crippen LogP contribution in [0.5, 0.6) is 0 Å². The van der Waals surface area contributed by atoms with Crippen molar-refractivity contribution in [3.05, 3.63) is 41.9 Å². The molecule has 0 saturated carbocycles. The average Bonchev–Trinajstić information content (AvgIpc) is 2.98. The summed E-state index contributed by atoms with van der Waals surface area (Å²) in [6.45, 7) is 2.54. The third kappa shape index (κ3) is 3.52. The Morgan fingerprint density at radius 1 is 1.24 bits per heavy atom. The van der Waals surface area contributed by atoms with E-state index < -0.39 is 0 Å². The Labute approximate surface area is 125 Å². The van der Waals surface area contributed by atoms with E-state index in [2.05, 4.69) is 48.2 Å². The predicted octanol–water partition coefficient (Wildman–Crippen LogP) is 3.30. The number of rotatable bonds is 4. The van der Waals surface area contributed by atoms with E-state index in [1.807, 2.05) is 6.20 Å². The number of aromatic nitrogens is 1. The molecule has 21 heavy (non-hydrogen) atoms. The lowest BCUT2D eigenvalue weighted by atomic mass is 10.0. The maximum Gasteiger partial charge on any atom is 0.198 e. The summed E-state index contributed by atoms with van der Waals surface area (Å²) in [7, 11) is 4.15. The van der Waals surface area contributed by atoms with Crippen LogP contribution in [0.3, 0.4) is 0 Å². The summed E-state index contributed by atoms with van der Waals surface area (Å²) in [4.78, 5) is 6.63. The molecule has 0 radical (unpaired) electrons. The molecule has 4 nitrogen and oxygen atoms in total. The van der Waals surface area contributed by atoms with E-state index in [4.69, 9.17) is 9.15 Å². The SMILES string of the molecule is CN(C)Cc1cccc(-c2cnc(C3CCOCC3)o2)c1. The molecular formula is C17H22N2O2. The maximum atomic E-state index is 5.99. The number of nitrogens with zero attached hydrogens (tertiary/aromatic N) is 2. The van der Waals surface area contributed by atoms with Crippen molar-refractivity contribution in [1.82, 2.24) is 9.88 Å². The second-order valence-electron chi connectivity index (χ2n) is 5.89. The Hall–Kier alpha value is -1.65. The molecule has 0 N–H and O–H groups in total. The summed E-state index contributed by atoms with van der Waals surface area (Å²) in [6.07, 6.45) is 3.85. The summed E-state index contributed by atoms with van der Waals surface area (Å²) in [5, 5.41) is 0. The van der Waals surface area contributed by atoms with Crippen LogP contribution in [0.2, 0.25) is 0 Å². The second-order valence-corrected chi connectivity index (χ2v) is 5.89. The topological polar surface area (TPSA) is 38.5 Å². The summed E-state index contributed by atoms with van der Waals surface area (Å²) < 4.78 is 11.4. The molecule has 1 aromatic heterocycles. The van der Waals surface area contributed by atoms with Crippen molar-refractivity contribution in [2.24, 2.45) is 0 Å². The standard InChI is InChI=1S/C17H22N2O2/c1-19(2)12-13-4-3-5-15(10-13)16-11-18-17(21-16)14-6-8-20-9-7-14/h3-5,10-11,14H,6-9,12H2,1-2H3. The Morgan fingerprint density at radius 2 is 2.05 bits per heavy atom. The highest BCUT2D eigenvalue weighted by Gasteiger charge is 2.21. The minimum Gasteiger partial charge on any atom is -0.440 e. The van der Waals surface area contributed by atoms with E-state index in [0.29, 0.717) is 5.92 Å². The van der Waals surface area contributed by atoms with Gasteiger partial charge in [0.1, 0.15) is 0 Å². The van der Waals surface area contributed by atoms with Crippen molar-refractivity contribution in [2.75, 3.05) is 27.3 Å². The van der Waals surface area contributed by atoms with Crippen molar-refractivity contribution in [3.8, 4) is 11.3 Å². The van der Waals surface area contributed by atoms with Gasteiger partial charge in [-0.2, -0.15) is 0 Å². The van der Waals surface area contributed by atoms with E-state index in [0.717, 1.165) is 49.8 Å². The van der Waals surface area contributed by atoms with Gasteiger partial charge in [0, 0.05) is 31.2 Å². The number of oxazole rings is 1. The largest absolute Gasteiger partial charge is 0.440 e. The highest BCUT2D eigenvalue weighted by Crippen LogP contribution is 2.30. The normalized spacial score (nSPS) is 16.5. The summed E-state index contributed by atoms with van der Waals surface area (Å²) in [5.41, 5.74) is 2.38. The molecule has 1 aliphatic heterocycles. The molecule has 1 aromatic carbocycles. The summed E-state index contributed by atoms with van der Waals surface area (Å²) in [6, 6.07) is 8.46. The number of hydrogen-bond donors (Lipinski definition) is 0. The molecule has 0 spiro atoms. The van der Waals surface area contributed by atoms with Crippen LogP contribution in [-0.2, 0) is 11.3 Å². The quantitative estimate of drug-likeness (QED) is 0.864. The molecular weight excluding hydrogens is 264 g/mol. The first-order chi connectivity index (χ1) is 10.2. The third-order valence-corrected chi connectivity index (χ3v) is 3.80. The molecule has 0 atom stereocenters. The molecule has 0 bridgehead atoms. The Morgan fingerprint density at radius 3 is 2.81 bits per heavy atom. The van der Waals surface area contributed by atoms with Crippen molar-refractivity contribution < 1.29 is 9.15 Å². The van der Waals surface area contributed by atoms with Gasteiger partial charge in [-0.3, -0.25) is 0 Å². The molecule has 2 heterocycles. The molecule has 112 valence electrons. The van der Waals surface area contributed by atoms with Crippen LogP contribution in [0.1, 0.15) is 30.2 Å². The maximum absolute atomic E-state index is 5.99. The van der Waals surface area contributed by atoms with Gasteiger partial charge in [-0.05, 0) is 38.6 Å². The van der Waals surface area contributed by atoms with Gasteiger partial charge in [0.25, 0.3) is 0 Å². The molecule has 4 heteroatoms. The van der Waals surface area contributed by atoms with Crippen molar-refractivity contribution in [1.29, 1.82) is 0 Å². The molecule has 2 aromatic rings. The van der Waals surface area contributed by atoms with Gasteiger partial charge < -0.3 is 14.1 Å². The van der Waals surface area contributed by atoms with E-state index in [-0.39, 0.29) is 0 Å². The lowest BCUT2D eigenvalue weighted by molar-refractivity contribution is 0.0796. The smallest absolute Gasteiger partial charge is 0.198 e. The summed E-state index contributed by atoms with van der Waals surface area (Å²) in [5.74, 6) is 2.11. The lowest BCUT2D eigenvalue weighted by Gasteiger charge is -2.18. The Bertz CT molecular complexity index is 586. The fourth-order valence-corrected chi connectivity index (χ4v) is 2.74. The van der Waals surface area contributed by atoms with Gasteiger partial charge >= 0.3 is 0 Å². The van der Waals surface area contributed by atoms with Crippen LogP contribution in [-0.4, -0.2) is 37.2 Å².